The van der Waals surface area contributed by atoms with Gasteiger partial charge in [-0.3, -0.25) is 4.79 Å². The van der Waals surface area contributed by atoms with Gasteiger partial charge in [-0.05, 0) is 49.9 Å². The van der Waals surface area contributed by atoms with Crippen molar-refractivity contribution in [3.8, 4) is 0 Å². The van der Waals surface area contributed by atoms with E-state index in [-0.39, 0.29) is 11.4 Å². The molecule has 4 heteroatoms. The van der Waals surface area contributed by atoms with Crippen LogP contribution in [0.15, 0.2) is 41.8 Å². The Morgan fingerprint density at radius 1 is 1.20 bits per heavy atom. The Labute approximate surface area is 123 Å². The average Bonchev–Trinajstić information content (AvgIpc) is 2.90. The van der Waals surface area contributed by atoms with Gasteiger partial charge < -0.3 is 10.4 Å². The maximum atomic E-state index is 12.0. The van der Waals surface area contributed by atoms with Gasteiger partial charge in [0.15, 0.2) is 0 Å². The van der Waals surface area contributed by atoms with Crippen LogP contribution in [0.2, 0.25) is 0 Å². The second kappa shape index (κ2) is 5.77. The average molecular weight is 289 g/mol. The van der Waals surface area contributed by atoms with Gasteiger partial charge in [-0.25, -0.2) is 0 Å². The molecule has 1 atom stereocenters. The van der Waals surface area contributed by atoms with Gasteiger partial charge in [-0.2, -0.15) is 0 Å². The molecule has 2 aromatic rings. The number of hydrogen-bond donors (Lipinski definition) is 2. The number of carbonyl (C=O) groups is 1. The topological polar surface area (TPSA) is 49.3 Å². The molecule has 0 fully saturated rings. The molecule has 20 heavy (non-hydrogen) atoms. The first kappa shape index (κ1) is 14.8. The van der Waals surface area contributed by atoms with Crippen LogP contribution in [-0.2, 0) is 0 Å². The number of nitrogens with one attached hydrogen (secondary N) is 1. The van der Waals surface area contributed by atoms with Gasteiger partial charge in [0.25, 0.3) is 5.91 Å². The van der Waals surface area contributed by atoms with Crippen molar-refractivity contribution in [2.24, 2.45) is 0 Å². The van der Waals surface area contributed by atoms with Crippen LogP contribution < -0.4 is 5.32 Å². The number of hydrogen-bond acceptors (Lipinski definition) is 3. The van der Waals surface area contributed by atoms with E-state index in [1.165, 1.54) is 11.3 Å². The highest BCUT2D eigenvalue weighted by atomic mass is 32.1. The van der Waals surface area contributed by atoms with Gasteiger partial charge >= 0.3 is 0 Å². The third-order valence-corrected chi connectivity index (χ3v) is 3.71. The van der Waals surface area contributed by atoms with E-state index in [2.05, 4.69) is 5.32 Å². The molecular formula is C16H19NO2S. The van der Waals surface area contributed by atoms with E-state index in [9.17, 15) is 9.90 Å². The summed E-state index contributed by atoms with van der Waals surface area (Å²) in [6.45, 7) is 5.83. The molecule has 0 aliphatic heterocycles. The smallest absolute Gasteiger partial charge is 0.251 e. The monoisotopic (exact) mass is 289 g/mol. The van der Waals surface area contributed by atoms with Crippen LogP contribution >= 0.6 is 11.3 Å². The molecule has 0 aliphatic carbocycles. The minimum atomic E-state index is -0.630. The molecular weight excluding hydrogens is 270 g/mol. The van der Waals surface area contributed by atoms with Gasteiger partial charge in [0.2, 0.25) is 0 Å². The molecule has 1 heterocycles. The summed E-state index contributed by atoms with van der Waals surface area (Å²) in [5.41, 5.74) is 1.13. The van der Waals surface area contributed by atoms with E-state index in [1.807, 2.05) is 38.3 Å². The predicted octanol–water partition coefficient (Wildman–Crippen LogP) is 3.36. The largest absolute Gasteiger partial charge is 0.383 e. The van der Waals surface area contributed by atoms with Crippen LogP contribution in [-0.4, -0.2) is 16.6 Å². The summed E-state index contributed by atoms with van der Waals surface area (Å²) < 4.78 is 0. The van der Waals surface area contributed by atoms with Crippen LogP contribution in [0.4, 0.5) is 0 Å². The molecule has 2 rings (SSSR count). The molecule has 0 saturated heterocycles. The minimum absolute atomic E-state index is 0.102. The third kappa shape index (κ3) is 3.68. The highest BCUT2D eigenvalue weighted by Gasteiger charge is 2.16. The highest BCUT2D eigenvalue weighted by molar-refractivity contribution is 7.10. The van der Waals surface area contributed by atoms with Crippen molar-refractivity contribution in [1.29, 1.82) is 0 Å². The van der Waals surface area contributed by atoms with Crippen LogP contribution in [0.25, 0.3) is 0 Å². The number of carbonyl (C=O) groups excluding carboxylic acids is 1. The van der Waals surface area contributed by atoms with Gasteiger partial charge in [0, 0.05) is 16.0 Å². The number of rotatable bonds is 3. The summed E-state index contributed by atoms with van der Waals surface area (Å²) in [5, 5.41) is 15.1. The first-order valence-corrected chi connectivity index (χ1v) is 7.39. The molecule has 0 saturated carbocycles. The zero-order chi connectivity index (χ0) is 14.8. The zero-order valence-electron chi connectivity index (χ0n) is 11.9. The fraction of sp³-hybridized carbons (Fsp3) is 0.312. The molecule has 2 N–H and O–H groups in total. The lowest BCUT2D eigenvalue weighted by Crippen LogP contribution is -2.40. The lowest BCUT2D eigenvalue weighted by molar-refractivity contribution is 0.0919. The second-order valence-corrected chi connectivity index (χ2v) is 6.72. The van der Waals surface area contributed by atoms with Crippen molar-refractivity contribution < 1.29 is 9.90 Å². The summed E-state index contributed by atoms with van der Waals surface area (Å²) in [7, 11) is 0. The molecule has 1 amide bonds. The lowest BCUT2D eigenvalue weighted by Gasteiger charge is -2.20. The second-order valence-electron chi connectivity index (χ2n) is 5.74. The first-order valence-electron chi connectivity index (χ1n) is 6.51. The number of amides is 1. The molecule has 106 valence electrons. The Bertz CT molecular complexity index is 568. The summed E-state index contributed by atoms with van der Waals surface area (Å²) in [6, 6.07) is 10.9. The minimum Gasteiger partial charge on any atom is -0.383 e. The zero-order valence-corrected chi connectivity index (χ0v) is 12.7. The van der Waals surface area contributed by atoms with Gasteiger partial charge in [0.05, 0.1) is 0 Å². The Balaban J connectivity index is 2.12. The molecule has 1 aromatic carbocycles. The summed E-state index contributed by atoms with van der Waals surface area (Å²) >= 11 is 1.51. The highest BCUT2D eigenvalue weighted by Crippen LogP contribution is 2.25. The Kier molecular flexibility index (Phi) is 4.26. The van der Waals surface area contributed by atoms with Crippen molar-refractivity contribution >= 4 is 17.2 Å². The van der Waals surface area contributed by atoms with Crippen molar-refractivity contribution in [2.75, 3.05) is 0 Å². The van der Waals surface area contributed by atoms with Crippen molar-refractivity contribution in [1.82, 2.24) is 5.32 Å². The normalized spacial score (nSPS) is 13.0. The van der Waals surface area contributed by atoms with E-state index in [4.69, 9.17) is 0 Å². The summed E-state index contributed by atoms with van der Waals surface area (Å²) in [6.07, 6.45) is -0.630. The van der Waals surface area contributed by atoms with Crippen LogP contribution in [0.5, 0.6) is 0 Å². The molecule has 1 aromatic heterocycles. The van der Waals surface area contributed by atoms with Crippen molar-refractivity contribution in [3.05, 3.63) is 57.8 Å². The SMILES string of the molecule is CC(C)(C)NC(=O)c1ccc(C(O)c2cccs2)cc1. The molecule has 0 spiro atoms. The van der Waals surface area contributed by atoms with Crippen molar-refractivity contribution in [2.45, 2.75) is 32.4 Å². The molecule has 0 aliphatic rings. The van der Waals surface area contributed by atoms with Crippen LogP contribution in [0, 0.1) is 0 Å². The molecule has 0 radical (unpaired) electrons. The quantitative estimate of drug-likeness (QED) is 0.910. The summed E-state index contributed by atoms with van der Waals surface area (Å²) in [4.78, 5) is 12.9. The fourth-order valence-electron chi connectivity index (χ4n) is 1.84. The lowest BCUT2D eigenvalue weighted by atomic mass is 10.0. The van der Waals surface area contributed by atoms with E-state index < -0.39 is 6.10 Å². The van der Waals surface area contributed by atoms with Crippen LogP contribution in [0.1, 0.15) is 47.7 Å². The molecule has 3 nitrogen and oxygen atoms in total. The first-order chi connectivity index (χ1) is 9.37. The van der Waals surface area contributed by atoms with Gasteiger partial charge in [0.1, 0.15) is 6.10 Å². The van der Waals surface area contributed by atoms with Gasteiger partial charge in [-0.15, -0.1) is 11.3 Å². The number of benzene rings is 1. The molecule has 1 unspecified atom stereocenters. The van der Waals surface area contributed by atoms with Crippen LogP contribution in [0.3, 0.4) is 0 Å². The van der Waals surface area contributed by atoms with Crippen molar-refractivity contribution in [3.63, 3.8) is 0 Å². The Morgan fingerprint density at radius 3 is 2.35 bits per heavy atom. The fourth-order valence-corrected chi connectivity index (χ4v) is 2.58. The van der Waals surface area contributed by atoms with E-state index in [0.29, 0.717) is 5.56 Å². The molecule has 0 bridgehead atoms. The van der Waals surface area contributed by atoms with Gasteiger partial charge in [-0.1, -0.05) is 18.2 Å². The maximum Gasteiger partial charge on any atom is 0.251 e. The third-order valence-electron chi connectivity index (χ3n) is 2.79. The number of aliphatic hydroxyl groups is 1. The van der Waals surface area contributed by atoms with E-state index >= 15 is 0 Å². The van der Waals surface area contributed by atoms with E-state index in [0.717, 1.165) is 10.4 Å². The standard InChI is InChI=1S/C16H19NO2S/c1-16(2,3)17-15(19)12-8-6-11(7-9-12)14(18)13-5-4-10-20-13/h4-10,14,18H,1-3H3,(H,17,19). The number of aliphatic hydroxyl groups excluding tert-OH is 1. The van der Waals surface area contributed by atoms with E-state index in [1.54, 1.807) is 24.3 Å². The Hall–Kier alpha value is -1.65. The number of thiophene rings is 1. The predicted molar refractivity (Wildman–Crippen MR) is 82.0 cm³/mol. The summed E-state index contributed by atoms with van der Waals surface area (Å²) in [5.74, 6) is -0.102. The Morgan fingerprint density at radius 2 is 1.85 bits per heavy atom. The maximum absolute atomic E-state index is 12.0.